The number of benzene rings is 1. The summed E-state index contributed by atoms with van der Waals surface area (Å²) in [6.45, 7) is 3.94. The van der Waals surface area contributed by atoms with E-state index in [1.54, 1.807) is 6.07 Å². The number of fused-ring (bicyclic) bond motifs is 1. The Kier molecular flexibility index (Phi) is 1.76. The number of hydrogen-bond acceptors (Lipinski definition) is 1. The molecule has 0 spiro atoms. The highest BCUT2D eigenvalue weighted by atomic mass is 19.1. The third-order valence-electron chi connectivity index (χ3n) is 2.22. The van der Waals surface area contributed by atoms with Crippen LogP contribution in [0.3, 0.4) is 0 Å². The van der Waals surface area contributed by atoms with E-state index in [0.29, 0.717) is 0 Å². The Labute approximate surface area is 76.2 Å². The standard InChI is InChI=1S/C11H10FN/c1-7-5-9-3-4-10(12)6-11(9)13-8(7)2/h3-6H,1-2H3. The van der Waals surface area contributed by atoms with Crippen molar-refractivity contribution in [1.29, 1.82) is 0 Å². The normalized spacial score (nSPS) is 10.7. The summed E-state index contributed by atoms with van der Waals surface area (Å²) < 4.78 is 12.8. The van der Waals surface area contributed by atoms with E-state index in [2.05, 4.69) is 4.98 Å². The van der Waals surface area contributed by atoms with E-state index in [1.807, 2.05) is 19.9 Å². The van der Waals surface area contributed by atoms with Crippen molar-refractivity contribution in [3.8, 4) is 0 Å². The highest BCUT2D eigenvalue weighted by Gasteiger charge is 2.00. The number of aromatic nitrogens is 1. The van der Waals surface area contributed by atoms with Gasteiger partial charge in [0.15, 0.2) is 0 Å². The third kappa shape index (κ3) is 1.39. The van der Waals surface area contributed by atoms with E-state index >= 15 is 0 Å². The van der Waals surface area contributed by atoms with Crippen molar-refractivity contribution in [2.75, 3.05) is 0 Å². The zero-order valence-corrected chi connectivity index (χ0v) is 7.63. The molecule has 1 aromatic heterocycles. The van der Waals surface area contributed by atoms with Gasteiger partial charge in [-0.25, -0.2) is 4.39 Å². The first-order chi connectivity index (χ1) is 6.16. The molecule has 0 aliphatic rings. The van der Waals surface area contributed by atoms with Crippen molar-refractivity contribution in [2.45, 2.75) is 13.8 Å². The summed E-state index contributed by atoms with van der Waals surface area (Å²) in [7, 11) is 0. The van der Waals surface area contributed by atoms with Crippen LogP contribution in [0.25, 0.3) is 10.9 Å². The lowest BCUT2D eigenvalue weighted by Gasteiger charge is -2.02. The number of halogens is 1. The average Bonchev–Trinajstić information content (AvgIpc) is 2.08. The van der Waals surface area contributed by atoms with Crippen LogP contribution < -0.4 is 0 Å². The van der Waals surface area contributed by atoms with Gasteiger partial charge >= 0.3 is 0 Å². The van der Waals surface area contributed by atoms with Crippen molar-refractivity contribution in [1.82, 2.24) is 4.98 Å². The fourth-order valence-corrected chi connectivity index (χ4v) is 1.34. The molecular weight excluding hydrogens is 165 g/mol. The Morgan fingerprint density at radius 3 is 2.69 bits per heavy atom. The fourth-order valence-electron chi connectivity index (χ4n) is 1.34. The molecule has 0 atom stereocenters. The van der Waals surface area contributed by atoms with Crippen molar-refractivity contribution >= 4 is 10.9 Å². The summed E-state index contributed by atoms with van der Waals surface area (Å²) in [6, 6.07) is 6.70. The molecule has 0 N–H and O–H groups in total. The van der Waals surface area contributed by atoms with E-state index in [0.717, 1.165) is 22.2 Å². The van der Waals surface area contributed by atoms with Crippen LogP contribution in [0.2, 0.25) is 0 Å². The molecule has 1 aromatic carbocycles. The average molecular weight is 175 g/mol. The van der Waals surface area contributed by atoms with Crippen LogP contribution in [0, 0.1) is 19.7 Å². The van der Waals surface area contributed by atoms with Gasteiger partial charge < -0.3 is 0 Å². The molecule has 0 fully saturated rings. The van der Waals surface area contributed by atoms with Crippen molar-refractivity contribution in [3.63, 3.8) is 0 Å². The summed E-state index contributed by atoms with van der Waals surface area (Å²) in [4.78, 5) is 4.30. The quantitative estimate of drug-likeness (QED) is 0.599. The van der Waals surface area contributed by atoms with Crippen LogP contribution in [0.5, 0.6) is 0 Å². The number of pyridine rings is 1. The highest BCUT2D eigenvalue weighted by Crippen LogP contribution is 2.16. The van der Waals surface area contributed by atoms with Crippen LogP contribution in [-0.2, 0) is 0 Å². The largest absolute Gasteiger partial charge is 0.253 e. The zero-order valence-electron chi connectivity index (χ0n) is 7.63. The zero-order chi connectivity index (χ0) is 9.42. The summed E-state index contributed by atoms with van der Waals surface area (Å²) in [5.74, 6) is -0.233. The molecule has 2 rings (SSSR count). The maximum atomic E-state index is 12.8. The van der Waals surface area contributed by atoms with Gasteiger partial charge in [0.05, 0.1) is 5.52 Å². The van der Waals surface area contributed by atoms with Crippen LogP contribution in [0.4, 0.5) is 4.39 Å². The Morgan fingerprint density at radius 2 is 1.92 bits per heavy atom. The first kappa shape index (κ1) is 8.17. The Bertz CT molecular complexity index is 463. The first-order valence-electron chi connectivity index (χ1n) is 4.20. The second kappa shape index (κ2) is 2.80. The number of rotatable bonds is 0. The van der Waals surface area contributed by atoms with E-state index in [-0.39, 0.29) is 5.82 Å². The molecule has 1 heterocycles. The Morgan fingerprint density at radius 1 is 1.15 bits per heavy atom. The molecule has 0 aliphatic carbocycles. The lowest BCUT2D eigenvalue weighted by Crippen LogP contribution is -1.88. The van der Waals surface area contributed by atoms with Crippen molar-refractivity contribution in [2.24, 2.45) is 0 Å². The molecule has 13 heavy (non-hydrogen) atoms. The molecule has 0 unspecified atom stereocenters. The maximum Gasteiger partial charge on any atom is 0.125 e. The van der Waals surface area contributed by atoms with Crippen molar-refractivity contribution in [3.05, 3.63) is 41.3 Å². The van der Waals surface area contributed by atoms with Gasteiger partial charge in [-0.1, -0.05) is 0 Å². The Balaban J connectivity index is 2.81. The number of aryl methyl sites for hydroxylation is 2. The van der Waals surface area contributed by atoms with Gasteiger partial charge in [0.25, 0.3) is 0 Å². The number of nitrogens with zero attached hydrogens (tertiary/aromatic N) is 1. The minimum Gasteiger partial charge on any atom is -0.253 e. The van der Waals surface area contributed by atoms with Gasteiger partial charge in [0, 0.05) is 17.1 Å². The molecule has 0 aliphatic heterocycles. The lowest BCUT2D eigenvalue weighted by atomic mass is 10.1. The summed E-state index contributed by atoms with van der Waals surface area (Å²) in [5.41, 5.74) is 2.82. The van der Waals surface area contributed by atoms with Gasteiger partial charge in [-0.2, -0.15) is 0 Å². The summed E-state index contributed by atoms with van der Waals surface area (Å²) in [6.07, 6.45) is 0. The fraction of sp³-hybridized carbons (Fsp3) is 0.182. The summed E-state index contributed by atoms with van der Waals surface area (Å²) >= 11 is 0. The van der Waals surface area contributed by atoms with Gasteiger partial charge in [-0.15, -0.1) is 0 Å². The Hall–Kier alpha value is -1.44. The van der Waals surface area contributed by atoms with Gasteiger partial charge in [0.2, 0.25) is 0 Å². The minimum atomic E-state index is -0.233. The predicted molar refractivity (Wildman–Crippen MR) is 51.2 cm³/mol. The van der Waals surface area contributed by atoms with Crippen LogP contribution in [0.15, 0.2) is 24.3 Å². The van der Waals surface area contributed by atoms with Gasteiger partial charge in [0.1, 0.15) is 5.82 Å². The topological polar surface area (TPSA) is 12.9 Å². The summed E-state index contributed by atoms with van der Waals surface area (Å²) in [5, 5.41) is 0.990. The second-order valence-corrected chi connectivity index (χ2v) is 3.23. The van der Waals surface area contributed by atoms with Crippen molar-refractivity contribution < 1.29 is 4.39 Å². The van der Waals surface area contributed by atoms with Crippen LogP contribution >= 0.6 is 0 Å². The molecule has 0 bridgehead atoms. The molecule has 2 aromatic rings. The number of hydrogen-bond donors (Lipinski definition) is 0. The predicted octanol–water partition coefficient (Wildman–Crippen LogP) is 2.99. The molecule has 1 nitrogen and oxygen atoms in total. The lowest BCUT2D eigenvalue weighted by molar-refractivity contribution is 0.629. The molecule has 0 saturated heterocycles. The van der Waals surface area contributed by atoms with E-state index in [1.165, 1.54) is 12.1 Å². The second-order valence-electron chi connectivity index (χ2n) is 3.23. The third-order valence-corrected chi connectivity index (χ3v) is 2.22. The molecule has 0 amide bonds. The van der Waals surface area contributed by atoms with Crippen LogP contribution in [0.1, 0.15) is 11.3 Å². The highest BCUT2D eigenvalue weighted by molar-refractivity contribution is 5.79. The molecule has 2 heteroatoms. The van der Waals surface area contributed by atoms with E-state index in [9.17, 15) is 4.39 Å². The smallest absolute Gasteiger partial charge is 0.125 e. The molecule has 0 radical (unpaired) electrons. The monoisotopic (exact) mass is 175 g/mol. The maximum absolute atomic E-state index is 12.8. The minimum absolute atomic E-state index is 0.233. The van der Waals surface area contributed by atoms with E-state index < -0.39 is 0 Å². The first-order valence-corrected chi connectivity index (χ1v) is 4.20. The molecular formula is C11H10FN. The van der Waals surface area contributed by atoms with Gasteiger partial charge in [-0.3, -0.25) is 4.98 Å². The molecule has 66 valence electrons. The van der Waals surface area contributed by atoms with Gasteiger partial charge in [-0.05, 0) is 37.6 Å². The van der Waals surface area contributed by atoms with E-state index in [4.69, 9.17) is 0 Å². The molecule has 0 saturated carbocycles. The SMILES string of the molecule is Cc1cc2ccc(F)cc2nc1C. The van der Waals surface area contributed by atoms with Crippen LogP contribution in [-0.4, -0.2) is 4.98 Å².